The Kier molecular flexibility index (Phi) is 6.51. The van der Waals surface area contributed by atoms with E-state index in [4.69, 9.17) is 6.42 Å². The fourth-order valence-electron chi connectivity index (χ4n) is 1.47. The Bertz CT molecular complexity index is 476. The van der Waals surface area contributed by atoms with E-state index < -0.39 is 0 Å². The van der Waals surface area contributed by atoms with Gasteiger partial charge in [0.05, 0.1) is 11.9 Å². The second-order valence-corrected chi connectivity index (χ2v) is 4.78. The molecule has 18 heavy (non-hydrogen) atoms. The lowest BCUT2D eigenvalue weighted by molar-refractivity contribution is 0.541. The Morgan fingerprint density at radius 2 is 2.33 bits per heavy atom. The molecular weight excluding hydrogens is 294 g/mol. The van der Waals surface area contributed by atoms with Gasteiger partial charge in [0.1, 0.15) is 4.47 Å². The third-order valence-electron chi connectivity index (χ3n) is 2.52. The fourth-order valence-corrected chi connectivity index (χ4v) is 1.92. The molecule has 0 radical (unpaired) electrons. The van der Waals surface area contributed by atoms with Crippen molar-refractivity contribution < 1.29 is 0 Å². The first-order valence-corrected chi connectivity index (χ1v) is 6.93. The highest BCUT2D eigenvalue weighted by molar-refractivity contribution is 9.10. The Balaban J connectivity index is 2.69. The van der Waals surface area contributed by atoms with Crippen molar-refractivity contribution in [1.82, 2.24) is 9.78 Å². The Hall–Kier alpha value is -1.28. The number of nitrogens with one attached hydrogen (secondary N) is 1. The molecule has 0 spiro atoms. The SMILES string of the molecule is C#CCCCNc1cnn(CCCC)c(=O)c1Br. The van der Waals surface area contributed by atoms with Crippen LogP contribution in [0.5, 0.6) is 0 Å². The van der Waals surface area contributed by atoms with Crippen LogP contribution < -0.4 is 10.9 Å². The second kappa shape index (κ2) is 7.93. The molecule has 0 atom stereocenters. The van der Waals surface area contributed by atoms with Gasteiger partial charge in [0.2, 0.25) is 0 Å². The molecule has 98 valence electrons. The molecule has 0 aromatic carbocycles. The van der Waals surface area contributed by atoms with Crippen LogP contribution >= 0.6 is 15.9 Å². The lowest BCUT2D eigenvalue weighted by atomic mass is 10.3. The summed E-state index contributed by atoms with van der Waals surface area (Å²) in [6, 6.07) is 0. The number of unbranched alkanes of at least 4 members (excludes halogenated alkanes) is 2. The Labute approximate surface area is 116 Å². The lowest BCUT2D eigenvalue weighted by Gasteiger charge is -2.09. The number of nitrogens with zero attached hydrogens (tertiary/aromatic N) is 2. The summed E-state index contributed by atoms with van der Waals surface area (Å²) in [7, 11) is 0. The van der Waals surface area contributed by atoms with Crippen LogP contribution in [-0.4, -0.2) is 16.3 Å². The van der Waals surface area contributed by atoms with E-state index in [0.29, 0.717) is 11.0 Å². The number of anilines is 1. The first-order chi connectivity index (χ1) is 8.70. The van der Waals surface area contributed by atoms with Crippen LogP contribution in [0, 0.1) is 12.3 Å². The molecule has 0 saturated carbocycles. The summed E-state index contributed by atoms with van der Waals surface area (Å²) in [4.78, 5) is 12.0. The van der Waals surface area contributed by atoms with Gasteiger partial charge in [0.15, 0.2) is 0 Å². The van der Waals surface area contributed by atoms with E-state index in [1.54, 1.807) is 6.20 Å². The minimum Gasteiger partial charge on any atom is -0.383 e. The molecule has 1 aromatic rings. The number of aryl methyl sites for hydroxylation is 1. The molecule has 0 saturated heterocycles. The second-order valence-electron chi connectivity index (χ2n) is 3.99. The van der Waals surface area contributed by atoms with Gasteiger partial charge in [0.25, 0.3) is 5.56 Å². The molecular formula is C13H18BrN3O. The average molecular weight is 312 g/mol. The summed E-state index contributed by atoms with van der Waals surface area (Å²) in [5, 5.41) is 7.30. The monoisotopic (exact) mass is 311 g/mol. The number of hydrogen-bond acceptors (Lipinski definition) is 3. The van der Waals surface area contributed by atoms with Crippen LogP contribution in [-0.2, 0) is 6.54 Å². The average Bonchev–Trinajstić information content (AvgIpc) is 2.38. The normalized spacial score (nSPS) is 10.1. The maximum absolute atomic E-state index is 12.0. The largest absolute Gasteiger partial charge is 0.383 e. The molecule has 1 rings (SSSR count). The van der Waals surface area contributed by atoms with Gasteiger partial charge >= 0.3 is 0 Å². The minimum atomic E-state index is -0.0922. The van der Waals surface area contributed by atoms with Crippen LogP contribution in [0.2, 0.25) is 0 Å². The van der Waals surface area contributed by atoms with Gasteiger partial charge in [-0.25, -0.2) is 4.68 Å². The quantitative estimate of drug-likeness (QED) is 0.622. The van der Waals surface area contributed by atoms with Crippen molar-refractivity contribution in [3.63, 3.8) is 0 Å². The van der Waals surface area contributed by atoms with Gasteiger partial charge in [-0.2, -0.15) is 5.10 Å². The van der Waals surface area contributed by atoms with E-state index in [0.717, 1.165) is 37.9 Å². The molecule has 0 bridgehead atoms. The van der Waals surface area contributed by atoms with E-state index >= 15 is 0 Å². The zero-order valence-corrected chi connectivity index (χ0v) is 12.2. The van der Waals surface area contributed by atoms with E-state index in [9.17, 15) is 4.79 Å². The first kappa shape index (κ1) is 14.8. The van der Waals surface area contributed by atoms with Crippen LogP contribution in [0.3, 0.4) is 0 Å². The molecule has 0 aliphatic rings. The summed E-state index contributed by atoms with van der Waals surface area (Å²) >= 11 is 3.32. The van der Waals surface area contributed by atoms with Crippen LogP contribution in [0.1, 0.15) is 32.6 Å². The predicted molar refractivity (Wildman–Crippen MR) is 77.7 cm³/mol. The summed E-state index contributed by atoms with van der Waals surface area (Å²) < 4.78 is 2.02. The first-order valence-electron chi connectivity index (χ1n) is 6.13. The number of rotatable bonds is 7. The Morgan fingerprint density at radius 3 is 3.00 bits per heavy atom. The van der Waals surface area contributed by atoms with Crippen molar-refractivity contribution in [2.24, 2.45) is 0 Å². The zero-order valence-electron chi connectivity index (χ0n) is 10.6. The van der Waals surface area contributed by atoms with E-state index in [2.05, 4.69) is 39.2 Å². The van der Waals surface area contributed by atoms with Crippen LogP contribution in [0.25, 0.3) is 0 Å². The van der Waals surface area contributed by atoms with Gasteiger partial charge in [0, 0.05) is 19.5 Å². The van der Waals surface area contributed by atoms with E-state index in [1.807, 2.05) is 0 Å². The number of aromatic nitrogens is 2. The summed E-state index contributed by atoms with van der Waals surface area (Å²) in [5.74, 6) is 2.58. The highest BCUT2D eigenvalue weighted by atomic mass is 79.9. The van der Waals surface area contributed by atoms with Crippen molar-refractivity contribution in [3.05, 3.63) is 21.0 Å². The molecule has 5 heteroatoms. The summed E-state index contributed by atoms with van der Waals surface area (Å²) in [6.07, 6.45) is 10.5. The van der Waals surface area contributed by atoms with Crippen LogP contribution in [0.15, 0.2) is 15.5 Å². The van der Waals surface area contributed by atoms with E-state index in [-0.39, 0.29) is 5.56 Å². The van der Waals surface area contributed by atoms with Gasteiger partial charge in [-0.05, 0) is 28.8 Å². The Morgan fingerprint density at radius 1 is 1.56 bits per heavy atom. The molecule has 0 unspecified atom stereocenters. The van der Waals surface area contributed by atoms with Gasteiger partial charge in [-0.1, -0.05) is 13.3 Å². The van der Waals surface area contributed by atoms with Crippen molar-refractivity contribution in [1.29, 1.82) is 0 Å². The van der Waals surface area contributed by atoms with Crippen molar-refractivity contribution in [2.75, 3.05) is 11.9 Å². The van der Waals surface area contributed by atoms with Crippen molar-refractivity contribution in [3.8, 4) is 12.3 Å². The third-order valence-corrected chi connectivity index (χ3v) is 3.29. The molecule has 4 nitrogen and oxygen atoms in total. The maximum atomic E-state index is 12.0. The highest BCUT2D eigenvalue weighted by Crippen LogP contribution is 2.16. The third kappa shape index (κ3) is 4.19. The molecule has 0 aliphatic heterocycles. The van der Waals surface area contributed by atoms with E-state index in [1.165, 1.54) is 4.68 Å². The molecule has 1 N–H and O–H groups in total. The smallest absolute Gasteiger partial charge is 0.283 e. The zero-order chi connectivity index (χ0) is 13.4. The molecule has 1 aromatic heterocycles. The molecule has 0 fully saturated rings. The molecule has 1 heterocycles. The number of terminal acetylenes is 1. The maximum Gasteiger partial charge on any atom is 0.283 e. The number of hydrogen-bond donors (Lipinski definition) is 1. The molecule has 0 amide bonds. The number of halogens is 1. The van der Waals surface area contributed by atoms with Crippen molar-refractivity contribution >= 4 is 21.6 Å². The predicted octanol–water partition coefficient (Wildman–Crippen LogP) is 2.63. The van der Waals surface area contributed by atoms with Crippen molar-refractivity contribution in [2.45, 2.75) is 39.2 Å². The standard InChI is InChI=1S/C13H18BrN3O/c1-3-5-7-8-15-11-10-16-17(9-6-4-2)13(18)12(11)14/h1,10,15H,4-9H2,2H3. The lowest BCUT2D eigenvalue weighted by Crippen LogP contribution is -2.24. The highest BCUT2D eigenvalue weighted by Gasteiger charge is 2.07. The van der Waals surface area contributed by atoms with Gasteiger partial charge in [-0.15, -0.1) is 12.3 Å². The van der Waals surface area contributed by atoms with Gasteiger partial charge < -0.3 is 5.32 Å². The minimum absolute atomic E-state index is 0.0922. The molecule has 0 aliphatic carbocycles. The summed E-state index contributed by atoms with van der Waals surface area (Å²) in [5.41, 5.74) is 0.634. The fraction of sp³-hybridized carbons (Fsp3) is 0.538. The topological polar surface area (TPSA) is 46.9 Å². The summed E-state index contributed by atoms with van der Waals surface area (Å²) in [6.45, 7) is 3.48. The van der Waals surface area contributed by atoms with Crippen LogP contribution in [0.4, 0.5) is 5.69 Å². The van der Waals surface area contributed by atoms with Gasteiger partial charge in [-0.3, -0.25) is 4.79 Å².